The molecule has 0 unspecified atom stereocenters. The summed E-state index contributed by atoms with van der Waals surface area (Å²) in [4.78, 5) is 12.1. The first-order chi connectivity index (χ1) is 10.1. The molecule has 21 heavy (non-hydrogen) atoms. The first-order valence-corrected chi connectivity index (χ1v) is 7.91. The average Bonchev–Trinajstić information content (AvgIpc) is 2.83. The molecule has 0 spiro atoms. The van der Waals surface area contributed by atoms with E-state index in [4.69, 9.17) is 0 Å². The van der Waals surface area contributed by atoms with Gasteiger partial charge in [-0.1, -0.05) is 30.3 Å². The van der Waals surface area contributed by atoms with Crippen LogP contribution >= 0.6 is 11.8 Å². The molecule has 0 aliphatic heterocycles. The number of rotatable bonds is 6. The van der Waals surface area contributed by atoms with Crippen LogP contribution in [0.4, 0.5) is 0 Å². The third-order valence-electron chi connectivity index (χ3n) is 3.32. The maximum absolute atomic E-state index is 12.1. The Kier molecular flexibility index (Phi) is 5.38. The van der Waals surface area contributed by atoms with Crippen LogP contribution in [0.3, 0.4) is 0 Å². The molecule has 1 aromatic heterocycles. The third kappa shape index (κ3) is 4.32. The van der Waals surface area contributed by atoms with Crippen LogP contribution in [-0.2, 0) is 24.1 Å². The lowest BCUT2D eigenvalue weighted by Crippen LogP contribution is -2.31. The fourth-order valence-electron chi connectivity index (χ4n) is 1.79. The predicted molar refractivity (Wildman–Crippen MR) is 84.8 cm³/mol. The van der Waals surface area contributed by atoms with Crippen molar-refractivity contribution in [1.29, 1.82) is 0 Å². The maximum atomic E-state index is 12.1. The number of carbonyl (C=O) groups is 1. The molecule has 1 aromatic carbocycles. The Balaban J connectivity index is 1.79. The van der Waals surface area contributed by atoms with E-state index in [0.717, 1.165) is 17.4 Å². The van der Waals surface area contributed by atoms with E-state index in [1.165, 1.54) is 5.56 Å². The second kappa shape index (κ2) is 7.26. The van der Waals surface area contributed by atoms with E-state index in [1.807, 2.05) is 43.7 Å². The summed E-state index contributed by atoms with van der Waals surface area (Å²) in [6, 6.07) is 10.2. The van der Waals surface area contributed by atoms with E-state index in [0.29, 0.717) is 6.54 Å². The highest BCUT2D eigenvalue weighted by Gasteiger charge is 2.14. The van der Waals surface area contributed by atoms with E-state index < -0.39 is 0 Å². The summed E-state index contributed by atoms with van der Waals surface area (Å²) in [6.07, 6.45) is 0. The van der Waals surface area contributed by atoms with Gasteiger partial charge in [0.15, 0.2) is 5.82 Å². The van der Waals surface area contributed by atoms with Gasteiger partial charge in [-0.05, 0) is 19.4 Å². The molecule has 0 saturated heterocycles. The van der Waals surface area contributed by atoms with Gasteiger partial charge in [0.25, 0.3) is 0 Å². The summed E-state index contributed by atoms with van der Waals surface area (Å²) >= 11 is 1.63. The topological polar surface area (TPSA) is 59.8 Å². The molecule has 2 rings (SSSR count). The van der Waals surface area contributed by atoms with Crippen LogP contribution in [0.25, 0.3) is 0 Å². The Morgan fingerprint density at radius 1 is 1.33 bits per heavy atom. The number of benzene rings is 1. The van der Waals surface area contributed by atoms with Gasteiger partial charge in [-0.2, -0.15) is 0 Å². The van der Waals surface area contributed by atoms with Gasteiger partial charge in [0.1, 0.15) is 5.82 Å². The van der Waals surface area contributed by atoms with Crippen molar-refractivity contribution in [3.05, 3.63) is 47.5 Å². The minimum absolute atomic E-state index is 0.0246. The number of nitrogens with one attached hydrogen (secondary N) is 1. The average molecular weight is 304 g/mol. The Hall–Kier alpha value is -1.82. The lowest BCUT2D eigenvalue weighted by molar-refractivity contribution is -0.120. The number of nitrogens with zero attached hydrogens (tertiary/aromatic N) is 3. The molecule has 0 aliphatic rings. The standard InChI is InChI=1S/C15H20N4OS/c1-11(21-10-13-7-5-4-6-8-13)15(20)16-9-14-18-17-12(2)19(14)3/h4-8,11H,9-10H2,1-3H3,(H,16,20)/t11-/m0/s1. The van der Waals surface area contributed by atoms with Crippen molar-refractivity contribution in [2.75, 3.05) is 0 Å². The molecule has 0 saturated carbocycles. The summed E-state index contributed by atoms with van der Waals surface area (Å²) in [5.41, 5.74) is 1.23. The Morgan fingerprint density at radius 3 is 2.67 bits per heavy atom. The fraction of sp³-hybridized carbons (Fsp3) is 0.400. The first-order valence-electron chi connectivity index (χ1n) is 6.86. The van der Waals surface area contributed by atoms with Gasteiger partial charge in [-0.25, -0.2) is 0 Å². The van der Waals surface area contributed by atoms with Gasteiger partial charge in [-0.3, -0.25) is 4.79 Å². The Morgan fingerprint density at radius 2 is 2.05 bits per heavy atom. The lowest BCUT2D eigenvalue weighted by Gasteiger charge is -2.11. The summed E-state index contributed by atoms with van der Waals surface area (Å²) in [5, 5.41) is 10.8. The van der Waals surface area contributed by atoms with Gasteiger partial charge in [0, 0.05) is 12.8 Å². The molecule has 0 fully saturated rings. The molecule has 0 bridgehead atoms. The summed E-state index contributed by atoms with van der Waals surface area (Å²) in [5.74, 6) is 2.46. The second-order valence-electron chi connectivity index (χ2n) is 4.88. The zero-order chi connectivity index (χ0) is 15.2. The molecular formula is C15H20N4OS. The Labute approximate surface area is 129 Å². The minimum atomic E-state index is -0.0977. The number of thioether (sulfide) groups is 1. The van der Waals surface area contributed by atoms with Crippen molar-refractivity contribution >= 4 is 17.7 Å². The zero-order valence-electron chi connectivity index (χ0n) is 12.5. The molecule has 6 heteroatoms. The molecule has 0 aliphatic carbocycles. The number of amides is 1. The van der Waals surface area contributed by atoms with Crippen LogP contribution in [0.5, 0.6) is 0 Å². The molecule has 5 nitrogen and oxygen atoms in total. The first kappa shape index (κ1) is 15.6. The Bertz CT molecular complexity index is 597. The van der Waals surface area contributed by atoms with E-state index in [2.05, 4.69) is 27.6 Å². The molecule has 1 heterocycles. The number of aromatic nitrogens is 3. The van der Waals surface area contributed by atoms with Crippen LogP contribution in [0.1, 0.15) is 24.1 Å². The van der Waals surface area contributed by atoms with Crippen molar-refractivity contribution in [1.82, 2.24) is 20.1 Å². The summed E-state index contributed by atoms with van der Waals surface area (Å²) < 4.78 is 1.88. The highest BCUT2D eigenvalue weighted by molar-refractivity contribution is 7.99. The summed E-state index contributed by atoms with van der Waals surface area (Å²) in [6.45, 7) is 4.22. The SMILES string of the molecule is Cc1nnc(CNC(=O)[C@H](C)SCc2ccccc2)n1C. The smallest absolute Gasteiger partial charge is 0.233 e. The van der Waals surface area contributed by atoms with Crippen LogP contribution < -0.4 is 5.32 Å². The number of hydrogen-bond donors (Lipinski definition) is 1. The normalized spacial score (nSPS) is 12.1. The van der Waals surface area contributed by atoms with Crippen molar-refractivity contribution in [3.63, 3.8) is 0 Å². The monoisotopic (exact) mass is 304 g/mol. The molecule has 2 aromatic rings. The molecule has 0 radical (unpaired) electrons. The van der Waals surface area contributed by atoms with Crippen LogP contribution in [-0.4, -0.2) is 25.9 Å². The molecular weight excluding hydrogens is 284 g/mol. The molecule has 112 valence electrons. The molecule has 1 N–H and O–H groups in total. The number of carbonyl (C=O) groups excluding carboxylic acids is 1. The zero-order valence-corrected chi connectivity index (χ0v) is 13.4. The van der Waals surface area contributed by atoms with Crippen LogP contribution in [0.15, 0.2) is 30.3 Å². The minimum Gasteiger partial charge on any atom is -0.348 e. The van der Waals surface area contributed by atoms with Gasteiger partial charge in [0.05, 0.1) is 11.8 Å². The molecule has 1 atom stereocenters. The van der Waals surface area contributed by atoms with Crippen molar-refractivity contribution in [2.24, 2.45) is 7.05 Å². The van der Waals surface area contributed by atoms with Crippen molar-refractivity contribution in [2.45, 2.75) is 31.4 Å². The fourth-order valence-corrected chi connectivity index (χ4v) is 2.66. The quantitative estimate of drug-likeness (QED) is 0.887. The highest BCUT2D eigenvalue weighted by atomic mass is 32.2. The van der Waals surface area contributed by atoms with E-state index in [9.17, 15) is 4.79 Å². The van der Waals surface area contributed by atoms with Gasteiger partial charge >= 0.3 is 0 Å². The second-order valence-corrected chi connectivity index (χ2v) is 6.21. The van der Waals surface area contributed by atoms with Crippen molar-refractivity contribution in [3.8, 4) is 0 Å². The van der Waals surface area contributed by atoms with E-state index >= 15 is 0 Å². The van der Waals surface area contributed by atoms with Crippen LogP contribution in [0.2, 0.25) is 0 Å². The number of aryl methyl sites for hydroxylation is 1. The molecule has 1 amide bonds. The van der Waals surface area contributed by atoms with Crippen molar-refractivity contribution < 1.29 is 4.79 Å². The highest BCUT2D eigenvalue weighted by Crippen LogP contribution is 2.17. The van der Waals surface area contributed by atoms with Gasteiger partial charge in [-0.15, -0.1) is 22.0 Å². The van der Waals surface area contributed by atoms with Crippen LogP contribution in [0, 0.1) is 6.92 Å². The predicted octanol–water partition coefficient (Wildman–Crippen LogP) is 2.06. The van der Waals surface area contributed by atoms with E-state index in [-0.39, 0.29) is 11.2 Å². The van der Waals surface area contributed by atoms with Gasteiger partial charge in [0.2, 0.25) is 5.91 Å². The van der Waals surface area contributed by atoms with Gasteiger partial charge < -0.3 is 9.88 Å². The lowest BCUT2D eigenvalue weighted by atomic mass is 10.2. The largest absolute Gasteiger partial charge is 0.348 e. The number of hydrogen-bond acceptors (Lipinski definition) is 4. The van der Waals surface area contributed by atoms with E-state index in [1.54, 1.807) is 11.8 Å². The third-order valence-corrected chi connectivity index (χ3v) is 4.53. The summed E-state index contributed by atoms with van der Waals surface area (Å²) in [7, 11) is 1.89. The maximum Gasteiger partial charge on any atom is 0.233 e.